The maximum Gasteiger partial charge on any atom is 0.240 e. The first kappa shape index (κ1) is 22.8. The minimum Gasteiger partial charge on any atom is -0.376 e. The van der Waals surface area contributed by atoms with Crippen molar-refractivity contribution in [1.82, 2.24) is 24.7 Å². The quantitative estimate of drug-likeness (QED) is 0.627. The van der Waals surface area contributed by atoms with Gasteiger partial charge in [-0.05, 0) is 20.8 Å². The summed E-state index contributed by atoms with van der Waals surface area (Å²) < 4.78 is 46.9. The smallest absolute Gasteiger partial charge is 0.240 e. The van der Waals surface area contributed by atoms with E-state index in [1.807, 2.05) is 13.8 Å². The van der Waals surface area contributed by atoms with Crippen molar-refractivity contribution in [2.45, 2.75) is 44.3 Å². The molecule has 13 heteroatoms. The van der Waals surface area contributed by atoms with Gasteiger partial charge in [0.05, 0.1) is 24.8 Å². The molecule has 0 aromatic carbocycles. The predicted molar refractivity (Wildman–Crippen MR) is 109 cm³/mol. The van der Waals surface area contributed by atoms with Crippen LogP contribution in [-0.2, 0) is 24.2 Å². The Kier molecular flexibility index (Phi) is 7.24. The molecular formula is C17H25ClN6O5S. The lowest BCUT2D eigenvalue weighted by Gasteiger charge is -2.25. The highest BCUT2D eigenvalue weighted by Crippen LogP contribution is 2.28. The van der Waals surface area contributed by atoms with Crippen LogP contribution in [0.25, 0.3) is 0 Å². The number of rotatable bonds is 8. The average Bonchev–Trinajstić information content (AvgIpc) is 3.13. The maximum atomic E-state index is 13.1. The van der Waals surface area contributed by atoms with Gasteiger partial charge in [0.2, 0.25) is 16.0 Å². The van der Waals surface area contributed by atoms with Gasteiger partial charge in [-0.2, -0.15) is 0 Å². The summed E-state index contributed by atoms with van der Waals surface area (Å²) >= 11 is 5.82. The molecule has 166 valence electrons. The molecule has 0 amide bonds. The highest BCUT2D eigenvalue weighted by atomic mass is 35.5. The maximum absolute atomic E-state index is 13.1. The van der Waals surface area contributed by atoms with E-state index in [9.17, 15) is 8.42 Å². The monoisotopic (exact) mass is 460 g/mol. The van der Waals surface area contributed by atoms with Crippen LogP contribution in [0.1, 0.15) is 50.7 Å². The topological polar surface area (TPSA) is 130 Å². The number of hydrogen-bond donors (Lipinski definition) is 1. The van der Waals surface area contributed by atoms with Gasteiger partial charge in [-0.25, -0.2) is 18.4 Å². The Morgan fingerprint density at radius 2 is 1.93 bits per heavy atom. The average molecular weight is 461 g/mol. The van der Waals surface area contributed by atoms with E-state index >= 15 is 0 Å². The number of hydrogen-bond acceptors (Lipinski definition) is 9. The van der Waals surface area contributed by atoms with Crippen molar-refractivity contribution in [3.63, 3.8) is 0 Å². The number of nitrogens with one attached hydrogen (secondary N) is 1. The Balaban J connectivity index is 1.86. The summed E-state index contributed by atoms with van der Waals surface area (Å²) in [5.74, 6) is 0.797. The van der Waals surface area contributed by atoms with E-state index in [4.69, 9.17) is 25.8 Å². The molecule has 3 atom stereocenters. The fourth-order valence-electron chi connectivity index (χ4n) is 3.10. The fraction of sp³-hybridized carbons (Fsp3) is 0.647. The highest BCUT2D eigenvalue weighted by molar-refractivity contribution is 7.93. The first-order valence-corrected chi connectivity index (χ1v) is 11.3. The molecule has 0 spiro atoms. The third-order valence-corrected chi connectivity index (χ3v) is 6.53. The van der Waals surface area contributed by atoms with Gasteiger partial charge >= 0.3 is 0 Å². The molecule has 1 aliphatic heterocycles. The van der Waals surface area contributed by atoms with Gasteiger partial charge in [-0.1, -0.05) is 11.6 Å². The van der Waals surface area contributed by atoms with Crippen LogP contribution >= 0.6 is 11.6 Å². The first-order chi connectivity index (χ1) is 14.2. The molecule has 0 aliphatic carbocycles. The third kappa shape index (κ3) is 4.89. The molecule has 0 radical (unpaired) electrons. The number of nitrogens with zero attached hydrogens (tertiary/aromatic N) is 5. The van der Waals surface area contributed by atoms with Crippen molar-refractivity contribution in [3.05, 3.63) is 29.1 Å². The summed E-state index contributed by atoms with van der Waals surface area (Å²) in [6.07, 6.45) is 1.44. The van der Waals surface area contributed by atoms with Gasteiger partial charge in [-0.3, -0.25) is 9.29 Å². The zero-order valence-electron chi connectivity index (χ0n) is 17.1. The van der Waals surface area contributed by atoms with Crippen molar-refractivity contribution in [1.29, 1.82) is 0 Å². The van der Waals surface area contributed by atoms with Crippen molar-refractivity contribution in [2.24, 2.45) is 0 Å². The summed E-state index contributed by atoms with van der Waals surface area (Å²) in [4.78, 5) is 8.16. The second kappa shape index (κ2) is 9.52. The lowest BCUT2D eigenvalue weighted by molar-refractivity contribution is -0.0950. The lowest BCUT2D eigenvalue weighted by atomic mass is 10.2. The van der Waals surface area contributed by atoms with Crippen LogP contribution in [0.4, 0.5) is 5.95 Å². The molecule has 1 saturated heterocycles. The number of methoxy groups -OCH3 is 1. The fourth-order valence-corrected chi connectivity index (χ4v) is 4.33. The summed E-state index contributed by atoms with van der Waals surface area (Å²) in [6, 6.07) is -0.119. The normalized spacial score (nSPS) is 19.6. The molecule has 1 aliphatic rings. The van der Waals surface area contributed by atoms with Crippen LogP contribution in [0.2, 0.25) is 5.02 Å². The number of anilines is 1. The molecule has 0 bridgehead atoms. The van der Waals surface area contributed by atoms with E-state index in [-0.39, 0.29) is 17.8 Å². The number of sulfonamides is 1. The van der Waals surface area contributed by atoms with Crippen LogP contribution in [-0.4, -0.2) is 65.3 Å². The summed E-state index contributed by atoms with van der Waals surface area (Å²) in [7, 11) is -2.55. The van der Waals surface area contributed by atoms with Crippen LogP contribution in [0.3, 0.4) is 0 Å². The molecular weight excluding hydrogens is 436 g/mol. The Morgan fingerprint density at radius 3 is 2.50 bits per heavy atom. The Hall–Kier alpha value is -1.86. The van der Waals surface area contributed by atoms with Gasteiger partial charge in [0.15, 0.2) is 11.6 Å². The summed E-state index contributed by atoms with van der Waals surface area (Å²) in [6.45, 7) is 6.57. The van der Waals surface area contributed by atoms with Crippen molar-refractivity contribution >= 4 is 27.6 Å². The lowest BCUT2D eigenvalue weighted by Crippen LogP contribution is -2.34. The van der Waals surface area contributed by atoms with E-state index in [0.717, 1.165) is 0 Å². The van der Waals surface area contributed by atoms with Gasteiger partial charge in [-0.15, -0.1) is 10.2 Å². The zero-order chi connectivity index (χ0) is 21.9. The van der Waals surface area contributed by atoms with E-state index in [1.165, 1.54) is 26.4 Å². The Bertz CT molecular complexity index is 946. The zero-order valence-corrected chi connectivity index (χ0v) is 18.7. The second-order valence-electron chi connectivity index (χ2n) is 7.05. The molecule has 3 rings (SSSR count). The van der Waals surface area contributed by atoms with Gasteiger partial charge in [0.25, 0.3) is 0 Å². The molecule has 2 unspecified atom stereocenters. The third-order valence-electron chi connectivity index (χ3n) is 4.64. The van der Waals surface area contributed by atoms with Crippen molar-refractivity contribution in [2.75, 3.05) is 31.7 Å². The molecule has 0 saturated carbocycles. The van der Waals surface area contributed by atoms with E-state index < -0.39 is 27.5 Å². The molecule has 2 aromatic rings. The van der Waals surface area contributed by atoms with E-state index in [2.05, 4.69) is 24.9 Å². The van der Waals surface area contributed by atoms with Gasteiger partial charge in [0, 0.05) is 25.5 Å². The standard InChI is InChI=1S/C17H25ClN6O5S/c1-10(2)24-16(13-9-28-5-6-29-13)21-22-17(24)23-30(25,26)11(3)14(27-4)15-19-7-12(18)8-20-15/h7-8,10-11,13-14H,5-6,9H2,1-4H3,(H,22,23)/t11?,13-,14?/m1/s1. The van der Waals surface area contributed by atoms with Crippen LogP contribution < -0.4 is 4.72 Å². The highest BCUT2D eigenvalue weighted by Gasteiger charge is 2.35. The molecule has 2 aromatic heterocycles. The van der Waals surface area contributed by atoms with E-state index in [1.54, 1.807) is 4.57 Å². The van der Waals surface area contributed by atoms with Crippen LogP contribution in [0, 0.1) is 0 Å². The molecule has 3 heterocycles. The first-order valence-electron chi connectivity index (χ1n) is 9.40. The number of halogens is 1. The molecule has 11 nitrogen and oxygen atoms in total. The van der Waals surface area contributed by atoms with Crippen molar-refractivity contribution < 1.29 is 22.6 Å². The Labute approximate surface area is 180 Å². The largest absolute Gasteiger partial charge is 0.376 e. The summed E-state index contributed by atoms with van der Waals surface area (Å²) in [5.41, 5.74) is 0. The van der Waals surface area contributed by atoms with Crippen LogP contribution in [0.15, 0.2) is 12.4 Å². The van der Waals surface area contributed by atoms with Gasteiger partial charge < -0.3 is 14.2 Å². The van der Waals surface area contributed by atoms with Crippen LogP contribution in [0.5, 0.6) is 0 Å². The predicted octanol–water partition coefficient (Wildman–Crippen LogP) is 1.91. The van der Waals surface area contributed by atoms with E-state index in [0.29, 0.717) is 30.7 Å². The Morgan fingerprint density at radius 1 is 1.23 bits per heavy atom. The SMILES string of the molecule is COC(c1ncc(Cl)cn1)C(C)S(=O)(=O)Nc1nnc([C@H]2COCCO2)n1C(C)C. The molecule has 30 heavy (non-hydrogen) atoms. The van der Waals surface area contributed by atoms with Gasteiger partial charge in [0.1, 0.15) is 17.5 Å². The van der Waals surface area contributed by atoms with Crippen molar-refractivity contribution in [3.8, 4) is 0 Å². The molecule has 1 fully saturated rings. The minimum absolute atomic E-state index is 0.0906. The summed E-state index contributed by atoms with van der Waals surface area (Å²) in [5, 5.41) is 7.51. The molecule has 1 N–H and O–H groups in total. The number of aromatic nitrogens is 5. The minimum atomic E-state index is -3.94. The number of ether oxygens (including phenoxy) is 3. The second-order valence-corrected chi connectivity index (χ2v) is 9.52.